The molecule has 1 aliphatic heterocycles. The Kier molecular flexibility index (Phi) is 4.62. The number of amides is 2. The molecule has 1 saturated heterocycles. The molecule has 1 N–H and O–H groups in total. The summed E-state index contributed by atoms with van der Waals surface area (Å²) < 4.78 is 1.85. The Hall–Kier alpha value is -3.15. The van der Waals surface area contributed by atoms with Crippen molar-refractivity contribution in [2.24, 2.45) is 0 Å². The van der Waals surface area contributed by atoms with Crippen LogP contribution in [0, 0.1) is 6.92 Å². The molecule has 0 spiro atoms. The summed E-state index contributed by atoms with van der Waals surface area (Å²) in [6, 6.07) is 11.3. The third kappa shape index (κ3) is 3.56. The maximum atomic E-state index is 12.8. The smallest absolute Gasteiger partial charge is 0.255 e. The highest BCUT2D eigenvalue weighted by molar-refractivity contribution is 5.96. The number of likely N-dealkylation sites (tertiary alicyclic amines) is 1. The lowest BCUT2D eigenvalue weighted by molar-refractivity contribution is 0.0697. The van der Waals surface area contributed by atoms with E-state index in [1.807, 2.05) is 65.0 Å². The van der Waals surface area contributed by atoms with Gasteiger partial charge in [-0.2, -0.15) is 0 Å². The molecule has 6 heteroatoms. The summed E-state index contributed by atoms with van der Waals surface area (Å²) in [6.45, 7) is 3.21. The molecule has 2 aromatic heterocycles. The molecule has 3 aromatic rings. The number of hydrogen-bond donors (Lipinski definition) is 1. The van der Waals surface area contributed by atoms with Crippen LogP contribution in [0.15, 0.2) is 55.0 Å². The van der Waals surface area contributed by atoms with Crippen LogP contribution >= 0.6 is 0 Å². The zero-order valence-corrected chi connectivity index (χ0v) is 15.3. The van der Waals surface area contributed by atoms with Crippen LogP contribution in [-0.2, 0) is 0 Å². The first-order valence-electron chi connectivity index (χ1n) is 9.20. The van der Waals surface area contributed by atoms with Crippen LogP contribution < -0.4 is 5.32 Å². The predicted octanol–water partition coefficient (Wildman–Crippen LogP) is 2.68. The number of nitrogens with zero attached hydrogens (tertiary/aromatic N) is 3. The zero-order valence-electron chi connectivity index (χ0n) is 15.3. The molecule has 1 aliphatic rings. The Balaban J connectivity index is 1.36. The van der Waals surface area contributed by atoms with Gasteiger partial charge in [0, 0.05) is 43.3 Å². The number of aromatic nitrogens is 2. The average molecular weight is 362 g/mol. The van der Waals surface area contributed by atoms with E-state index in [9.17, 15) is 9.59 Å². The van der Waals surface area contributed by atoms with Gasteiger partial charge in [-0.1, -0.05) is 18.2 Å². The van der Waals surface area contributed by atoms with Crippen molar-refractivity contribution in [1.82, 2.24) is 19.6 Å². The molecule has 2 amide bonds. The predicted molar refractivity (Wildman–Crippen MR) is 103 cm³/mol. The topological polar surface area (TPSA) is 66.7 Å². The molecule has 1 aromatic carbocycles. The van der Waals surface area contributed by atoms with Gasteiger partial charge in [0.1, 0.15) is 5.65 Å². The van der Waals surface area contributed by atoms with Crippen molar-refractivity contribution in [3.8, 4) is 0 Å². The van der Waals surface area contributed by atoms with E-state index in [0.717, 1.165) is 24.1 Å². The van der Waals surface area contributed by atoms with E-state index < -0.39 is 0 Å². The van der Waals surface area contributed by atoms with Gasteiger partial charge in [-0.3, -0.25) is 9.59 Å². The van der Waals surface area contributed by atoms with Gasteiger partial charge in [0.2, 0.25) is 0 Å². The Bertz CT molecular complexity index is 987. The molecule has 0 unspecified atom stereocenters. The molecule has 138 valence electrons. The van der Waals surface area contributed by atoms with E-state index in [1.54, 1.807) is 6.20 Å². The second-order valence-electron chi connectivity index (χ2n) is 6.97. The van der Waals surface area contributed by atoms with E-state index in [4.69, 9.17) is 0 Å². The largest absolute Gasteiger partial charge is 0.349 e. The molecule has 3 heterocycles. The first-order valence-corrected chi connectivity index (χ1v) is 9.20. The number of benzene rings is 1. The van der Waals surface area contributed by atoms with Gasteiger partial charge in [0.05, 0.1) is 5.56 Å². The van der Waals surface area contributed by atoms with Crippen LogP contribution in [-0.4, -0.2) is 45.2 Å². The minimum atomic E-state index is -0.0385. The molecule has 0 aliphatic carbocycles. The van der Waals surface area contributed by atoms with Gasteiger partial charge in [0.25, 0.3) is 11.8 Å². The summed E-state index contributed by atoms with van der Waals surface area (Å²) in [5, 5.41) is 3.11. The minimum Gasteiger partial charge on any atom is -0.349 e. The maximum Gasteiger partial charge on any atom is 0.255 e. The lowest BCUT2D eigenvalue weighted by Crippen LogP contribution is -2.46. The van der Waals surface area contributed by atoms with Crippen molar-refractivity contribution < 1.29 is 9.59 Å². The van der Waals surface area contributed by atoms with E-state index in [2.05, 4.69) is 10.3 Å². The average Bonchev–Trinajstić information content (AvgIpc) is 3.16. The highest BCUT2D eigenvalue weighted by atomic mass is 16.2. The van der Waals surface area contributed by atoms with Gasteiger partial charge in [0.15, 0.2) is 0 Å². The van der Waals surface area contributed by atoms with Gasteiger partial charge in [-0.15, -0.1) is 0 Å². The van der Waals surface area contributed by atoms with Crippen LogP contribution in [0.2, 0.25) is 0 Å². The highest BCUT2D eigenvalue weighted by Crippen LogP contribution is 2.16. The molecule has 0 bridgehead atoms. The number of hydrogen-bond acceptors (Lipinski definition) is 3. The molecule has 1 fully saturated rings. The number of imidazole rings is 1. The zero-order chi connectivity index (χ0) is 18.8. The summed E-state index contributed by atoms with van der Waals surface area (Å²) in [5.74, 6) is -0.0160. The van der Waals surface area contributed by atoms with Crippen molar-refractivity contribution in [1.29, 1.82) is 0 Å². The van der Waals surface area contributed by atoms with Crippen LogP contribution in [0.5, 0.6) is 0 Å². The van der Waals surface area contributed by atoms with E-state index >= 15 is 0 Å². The van der Waals surface area contributed by atoms with Crippen molar-refractivity contribution in [2.45, 2.75) is 25.8 Å². The van der Waals surface area contributed by atoms with Crippen LogP contribution in [0.4, 0.5) is 0 Å². The number of piperidine rings is 1. The summed E-state index contributed by atoms with van der Waals surface area (Å²) >= 11 is 0. The lowest BCUT2D eigenvalue weighted by atomic mass is 10.0. The maximum absolute atomic E-state index is 12.8. The second kappa shape index (κ2) is 7.23. The fourth-order valence-corrected chi connectivity index (χ4v) is 3.55. The van der Waals surface area contributed by atoms with Crippen LogP contribution in [0.3, 0.4) is 0 Å². The van der Waals surface area contributed by atoms with E-state index in [-0.39, 0.29) is 17.9 Å². The lowest BCUT2D eigenvalue weighted by Gasteiger charge is -2.32. The molecule has 0 radical (unpaired) electrons. The monoisotopic (exact) mass is 362 g/mol. The number of aryl methyl sites for hydroxylation is 1. The van der Waals surface area contributed by atoms with Crippen molar-refractivity contribution in [3.63, 3.8) is 0 Å². The third-order valence-electron chi connectivity index (χ3n) is 5.14. The highest BCUT2D eigenvalue weighted by Gasteiger charge is 2.25. The molecule has 0 saturated carbocycles. The SMILES string of the molecule is Cc1ccccc1C(=O)NC1CCN(C(=O)c2ccc3nccn3c2)CC1. The fraction of sp³-hybridized carbons (Fsp3) is 0.286. The molecule has 27 heavy (non-hydrogen) atoms. The second-order valence-corrected chi connectivity index (χ2v) is 6.97. The first kappa shape index (κ1) is 17.3. The number of carbonyl (C=O) groups excluding carboxylic acids is 2. The third-order valence-corrected chi connectivity index (χ3v) is 5.14. The Morgan fingerprint density at radius 2 is 1.89 bits per heavy atom. The standard InChI is InChI=1S/C21H22N4O2/c1-15-4-2-3-5-18(15)20(26)23-17-8-11-24(12-9-17)21(27)16-6-7-19-22-10-13-25(19)14-16/h2-7,10,13-14,17H,8-9,11-12H2,1H3,(H,23,26). The van der Waals surface area contributed by atoms with Crippen LogP contribution in [0.1, 0.15) is 39.1 Å². The Morgan fingerprint density at radius 1 is 1.11 bits per heavy atom. The van der Waals surface area contributed by atoms with Gasteiger partial charge < -0.3 is 14.6 Å². The number of carbonyl (C=O) groups is 2. The van der Waals surface area contributed by atoms with Crippen molar-refractivity contribution >= 4 is 17.5 Å². The Morgan fingerprint density at radius 3 is 2.67 bits per heavy atom. The fourth-order valence-electron chi connectivity index (χ4n) is 3.55. The number of fused-ring (bicyclic) bond motifs is 1. The van der Waals surface area contributed by atoms with E-state index in [0.29, 0.717) is 24.2 Å². The van der Waals surface area contributed by atoms with E-state index in [1.165, 1.54) is 0 Å². The van der Waals surface area contributed by atoms with Crippen LogP contribution in [0.25, 0.3) is 5.65 Å². The first-order chi connectivity index (χ1) is 13.1. The normalized spacial score (nSPS) is 15.1. The molecular formula is C21H22N4O2. The summed E-state index contributed by atoms with van der Waals surface area (Å²) in [6.07, 6.45) is 6.88. The van der Waals surface area contributed by atoms with Crippen molar-refractivity contribution in [2.75, 3.05) is 13.1 Å². The number of nitrogens with one attached hydrogen (secondary N) is 1. The summed E-state index contributed by atoms with van der Waals surface area (Å²) in [4.78, 5) is 31.3. The molecule has 4 rings (SSSR count). The molecule has 0 atom stereocenters. The molecule has 6 nitrogen and oxygen atoms in total. The van der Waals surface area contributed by atoms with Gasteiger partial charge >= 0.3 is 0 Å². The van der Waals surface area contributed by atoms with Gasteiger partial charge in [-0.25, -0.2) is 4.98 Å². The number of pyridine rings is 1. The van der Waals surface area contributed by atoms with Crippen molar-refractivity contribution in [3.05, 3.63) is 71.7 Å². The summed E-state index contributed by atoms with van der Waals surface area (Å²) in [7, 11) is 0. The Labute approximate surface area is 157 Å². The quantitative estimate of drug-likeness (QED) is 0.779. The molecular weight excluding hydrogens is 340 g/mol. The minimum absolute atomic E-state index is 0.0225. The number of rotatable bonds is 3. The van der Waals surface area contributed by atoms with Gasteiger partial charge in [-0.05, 0) is 43.5 Å². The summed E-state index contributed by atoms with van der Waals surface area (Å²) in [5.41, 5.74) is 3.16.